The molecular weight excluding hydrogens is 261 g/mol. The highest BCUT2D eigenvalue weighted by Crippen LogP contribution is 2.33. The molecule has 0 bridgehead atoms. The minimum absolute atomic E-state index is 0.0215. The summed E-state index contributed by atoms with van der Waals surface area (Å²) in [4.78, 5) is 14.7. The molecule has 2 rings (SSSR count). The van der Waals surface area contributed by atoms with Gasteiger partial charge < -0.3 is 4.90 Å². The molecule has 2 nitrogen and oxygen atoms in total. The second-order valence-electron chi connectivity index (χ2n) is 5.25. The summed E-state index contributed by atoms with van der Waals surface area (Å²) in [5, 5.41) is 0.578. The first-order valence-corrected chi connectivity index (χ1v) is 7.16. The first-order valence-electron chi connectivity index (χ1n) is 6.35. The van der Waals surface area contributed by atoms with Crippen LogP contribution >= 0.6 is 11.3 Å². The summed E-state index contributed by atoms with van der Waals surface area (Å²) in [5.74, 6) is 0.143. The molecule has 2 aromatic rings. The van der Waals surface area contributed by atoms with E-state index in [2.05, 4.69) is 13.8 Å². The van der Waals surface area contributed by atoms with Crippen molar-refractivity contribution in [1.82, 2.24) is 4.90 Å². The largest absolute Gasteiger partial charge is 0.341 e. The lowest BCUT2D eigenvalue weighted by molar-refractivity contribution is 0.0783. The molecule has 0 saturated heterocycles. The van der Waals surface area contributed by atoms with Gasteiger partial charge in [0.2, 0.25) is 0 Å². The Bertz CT molecular complexity index is 618. The average molecular weight is 279 g/mol. The van der Waals surface area contributed by atoms with Gasteiger partial charge in [0.05, 0.1) is 4.88 Å². The Hall–Kier alpha value is -1.42. The third-order valence-corrected chi connectivity index (χ3v) is 4.33. The van der Waals surface area contributed by atoms with Gasteiger partial charge in [0.25, 0.3) is 5.91 Å². The van der Waals surface area contributed by atoms with Gasteiger partial charge in [-0.1, -0.05) is 19.9 Å². The number of benzene rings is 1. The monoisotopic (exact) mass is 279 g/mol. The predicted octanol–water partition coefficient (Wildman–Crippen LogP) is 4.08. The number of hydrogen-bond donors (Lipinski definition) is 0. The fourth-order valence-corrected chi connectivity index (χ4v) is 3.48. The van der Waals surface area contributed by atoms with Crippen molar-refractivity contribution in [2.45, 2.75) is 20.8 Å². The van der Waals surface area contributed by atoms with E-state index in [0.717, 1.165) is 10.3 Å². The predicted molar refractivity (Wildman–Crippen MR) is 78.3 cm³/mol. The number of aryl methyl sites for hydroxylation is 1. The maximum absolute atomic E-state index is 13.8. The van der Waals surface area contributed by atoms with E-state index >= 15 is 0 Å². The van der Waals surface area contributed by atoms with E-state index in [9.17, 15) is 9.18 Å². The normalized spacial score (nSPS) is 11.3. The molecule has 0 radical (unpaired) electrons. The van der Waals surface area contributed by atoms with Gasteiger partial charge in [0, 0.05) is 23.7 Å². The molecule has 1 heterocycles. The Balaban J connectivity index is 2.43. The molecular formula is C15H18FNOS. The first kappa shape index (κ1) is 14.0. The first-order chi connectivity index (χ1) is 8.91. The van der Waals surface area contributed by atoms with Crippen LogP contribution in [-0.2, 0) is 0 Å². The molecule has 19 heavy (non-hydrogen) atoms. The molecule has 0 saturated carbocycles. The van der Waals surface area contributed by atoms with Crippen molar-refractivity contribution in [2.75, 3.05) is 13.6 Å². The van der Waals surface area contributed by atoms with Crippen LogP contribution in [0.15, 0.2) is 18.2 Å². The highest BCUT2D eigenvalue weighted by molar-refractivity contribution is 7.21. The third kappa shape index (κ3) is 2.63. The van der Waals surface area contributed by atoms with Gasteiger partial charge in [-0.05, 0) is 30.5 Å². The van der Waals surface area contributed by atoms with E-state index in [1.165, 1.54) is 17.4 Å². The smallest absolute Gasteiger partial charge is 0.263 e. The van der Waals surface area contributed by atoms with E-state index < -0.39 is 0 Å². The molecule has 0 fully saturated rings. The number of carbonyl (C=O) groups excluding carboxylic acids is 1. The van der Waals surface area contributed by atoms with Crippen molar-refractivity contribution in [3.63, 3.8) is 0 Å². The Morgan fingerprint density at radius 3 is 2.68 bits per heavy atom. The van der Waals surface area contributed by atoms with Gasteiger partial charge in [-0.3, -0.25) is 4.79 Å². The van der Waals surface area contributed by atoms with Crippen LogP contribution in [0.3, 0.4) is 0 Å². The lowest BCUT2D eigenvalue weighted by atomic mass is 10.1. The fraction of sp³-hybridized carbons (Fsp3) is 0.400. The Labute approximate surface area is 116 Å². The number of amides is 1. The lowest BCUT2D eigenvalue weighted by Crippen LogP contribution is -2.30. The number of halogens is 1. The molecule has 0 aliphatic rings. The van der Waals surface area contributed by atoms with Crippen LogP contribution in [0.5, 0.6) is 0 Å². The molecule has 102 valence electrons. The molecule has 0 spiro atoms. The van der Waals surface area contributed by atoms with Crippen molar-refractivity contribution >= 4 is 27.3 Å². The molecule has 1 amide bonds. The van der Waals surface area contributed by atoms with Crippen LogP contribution in [0.1, 0.15) is 29.1 Å². The molecule has 1 aromatic heterocycles. The number of fused-ring (bicyclic) bond motifs is 1. The van der Waals surface area contributed by atoms with Gasteiger partial charge in [-0.15, -0.1) is 11.3 Å². The number of rotatable bonds is 3. The zero-order valence-corrected chi connectivity index (χ0v) is 12.5. The summed E-state index contributed by atoms with van der Waals surface area (Å²) in [6.07, 6.45) is 0. The van der Waals surface area contributed by atoms with Crippen molar-refractivity contribution < 1.29 is 9.18 Å². The van der Waals surface area contributed by atoms with Gasteiger partial charge in [0.1, 0.15) is 5.82 Å². The van der Waals surface area contributed by atoms with Crippen molar-refractivity contribution in [1.29, 1.82) is 0 Å². The molecule has 0 N–H and O–H groups in total. The van der Waals surface area contributed by atoms with E-state index in [-0.39, 0.29) is 11.7 Å². The zero-order chi connectivity index (χ0) is 14.2. The van der Waals surface area contributed by atoms with E-state index in [1.54, 1.807) is 18.0 Å². The van der Waals surface area contributed by atoms with Crippen LogP contribution in [0.25, 0.3) is 10.1 Å². The van der Waals surface area contributed by atoms with Crippen LogP contribution in [0, 0.1) is 18.7 Å². The SMILES string of the molecule is Cc1c(C(=O)N(C)CC(C)C)sc2cccc(F)c12. The molecule has 0 aliphatic heterocycles. The maximum atomic E-state index is 13.8. The number of hydrogen-bond acceptors (Lipinski definition) is 2. The molecule has 0 unspecified atom stereocenters. The minimum atomic E-state index is -0.253. The number of carbonyl (C=O) groups is 1. The van der Waals surface area contributed by atoms with Crippen LogP contribution < -0.4 is 0 Å². The molecule has 0 aliphatic carbocycles. The van der Waals surface area contributed by atoms with E-state index in [1.807, 2.05) is 13.0 Å². The topological polar surface area (TPSA) is 20.3 Å². The summed E-state index contributed by atoms with van der Waals surface area (Å²) in [6.45, 7) is 6.66. The van der Waals surface area contributed by atoms with Crippen molar-refractivity contribution in [2.24, 2.45) is 5.92 Å². The summed E-state index contributed by atoms with van der Waals surface area (Å²) >= 11 is 1.37. The van der Waals surface area contributed by atoms with Crippen molar-refractivity contribution in [3.05, 3.63) is 34.5 Å². The van der Waals surface area contributed by atoms with Crippen molar-refractivity contribution in [3.8, 4) is 0 Å². The van der Waals surface area contributed by atoms with Gasteiger partial charge in [-0.2, -0.15) is 0 Å². The van der Waals surface area contributed by atoms with Gasteiger partial charge in [-0.25, -0.2) is 4.39 Å². The zero-order valence-electron chi connectivity index (χ0n) is 11.7. The third-order valence-electron chi connectivity index (χ3n) is 3.08. The maximum Gasteiger partial charge on any atom is 0.263 e. The van der Waals surface area contributed by atoms with Crippen LogP contribution in [0.4, 0.5) is 4.39 Å². The van der Waals surface area contributed by atoms with E-state index in [0.29, 0.717) is 22.7 Å². The van der Waals surface area contributed by atoms with Gasteiger partial charge >= 0.3 is 0 Å². The Kier molecular flexibility index (Phi) is 3.90. The highest BCUT2D eigenvalue weighted by Gasteiger charge is 2.20. The summed E-state index contributed by atoms with van der Waals surface area (Å²) in [7, 11) is 1.79. The van der Waals surface area contributed by atoms with Gasteiger partial charge in [0.15, 0.2) is 0 Å². The summed E-state index contributed by atoms with van der Waals surface area (Å²) in [5.41, 5.74) is 0.749. The summed E-state index contributed by atoms with van der Waals surface area (Å²) < 4.78 is 14.6. The quantitative estimate of drug-likeness (QED) is 0.829. The summed E-state index contributed by atoms with van der Waals surface area (Å²) in [6, 6.07) is 4.98. The number of nitrogens with zero attached hydrogens (tertiary/aromatic N) is 1. The molecule has 1 aromatic carbocycles. The Morgan fingerprint density at radius 2 is 2.11 bits per heavy atom. The molecule has 0 atom stereocenters. The standard InChI is InChI=1S/C15H18FNOS/c1-9(2)8-17(4)15(18)14-10(3)13-11(16)6-5-7-12(13)19-14/h5-7,9H,8H2,1-4H3. The van der Waals surface area contributed by atoms with E-state index in [4.69, 9.17) is 0 Å². The highest BCUT2D eigenvalue weighted by atomic mass is 32.1. The second-order valence-corrected chi connectivity index (χ2v) is 6.30. The number of thiophene rings is 1. The lowest BCUT2D eigenvalue weighted by Gasteiger charge is -2.18. The van der Waals surface area contributed by atoms with Crippen LogP contribution in [-0.4, -0.2) is 24.4 Å². The minimum Gasteiger partial charge on any atom is -0.341 e. The fourth-order valence-electron chi connectivity index (χ4n) is 2.26. The second kappa shape index (κ2) is 5.29. The van der Waals surface area contributed by atoms with Crippen LogP contribution in [0.2, 0.25) is 0 Å². The average Bonchev–Trinajstić information content (AvgIpc) is 2.66. The molecule has 4 heteroatoms. The Morgan fingerprint density at radius 1 is 1.42 bits per heavy atom.